The van der Waals surface area contributed by atoms with E-state index in [1.54, 1.807) is 0 Å². The van der Waals surface area contributed by atoms with Crippen molar-refractivity contribution in [3.63, 3.8) is 0 Å². The second kappa shape index (κ2) is 8.44. The molecule has 8 N–H and O–H groups in total. The van der Waals surface area contributed by atoms with Crippen molar-refractivity contribution in [1.29, 1.82) is 0 Å². The third-order valence-corrected chi connectivity index (χ3v) is 11.1. The maximum atomic E-state index is 11.6. The van der Waals surface area contributed by atoms with Crippen LogP contribution in [-0.2, 0) is 18.3 Å². The summed E-state index contributed by atoms with van der Waals surface area (Å²) >= 11 is 0. The first-order valence-corrected chi connectivity index (χ1v) is 14.3. The van der Waals surface area contributed by atoms with Gasteiger partial charge in [-0.05, 0) is 35.4 Å². The largest absolute Gasteiger partial charge is 0.345 e. The van der Waals surface area contributed by atoms with E-state index in [1.165, 1.54) is 0 Å². The van der Waals surface area contributed by atoms with Crippen LogP contribution in [0, 0.1) is 0 Å². The van der Waals surface area contributed by atoms with Gasteiger partial charge in [-0.3, -0.25) is 28.2 Å². The maximum absolute atomic E-state index is 11.6. The highest BCUT2D eigenvalue weighted by atomic mass is 31.2. The fourth-order valence-electron chi connectivity index (χ4n) is 2.66. The molecule has 0 radical (unpaired) electrons. The Morgan fingerprint density at radius 3 is 1.07 bits per heavy atom. The molecule has 166 valence electrons. The summed E-state index contributed by atoms with van der Waals surface area (Å²) in [4.78, 5) is 82.3. The predicted molar refractivity (Wildman–Crippen MR) is 101 cm³/mol. The average molecular weight is 504 g/mol. The Hall–Kier alpha value is -1.10. The second-order valence-electron chi connectivity index (χ2n) is 6.05. The molecule has 0 atom stereocenters. The van der Waals surface area contributed by atoms with E-state index in [-0.39, 0.29) is 11.4 Å². The molecule has 2 heterocycles. The Bertz CT molecular complexity index is 998. The molecule has 0 unspecified atom stereocenters. The van der Waals surface area contributed by atoms with Crippen LogP contribution in [0.25, 0.3) is 11.4 Å². The van der Waals surface area contributed by atoms with Gasteiger partial charge in [0, 0.05) is 12.4 Å². The fraction of sp³-hybridized carbons (Fsp3) is 0.167. The quantitative estimate of drug-likeness (QED) is 0.243. The van der Waals surface area contributed by atoms with Crippen molar-refractivity contribution in [2.45, 2.75) is 10.8 Å². The summed E-state index contributed by atoms with van der Waals surface area (Å²) in [7, 11) is -21.3. The first kappa shape index (κ1) is 25.2. The number of hydrogen-bond acceptors (Lipinski definition) is 6. The van der Waals surface area contributed by atoms with E-state index < -0.39 is 52.3 Å². The molecule has 0 aromatic carbocycles. The minimum absolute atomic E-state index is 0.226. The molecule has 0 aliphatic rings. The Labute approximate surface area is 168 Å². The van der Waals surface area contributed by atoms with Crippen LogP contribution in [0.5, 0.6) is 0 Å². The van der Waals surface area contributed by atoms with E-state index >= 15 is 0 Å². The number of hydrogen-bond donors (Lipinski definition) is 8. The second-order valence-corrected chi connectivity index (χ2v) is 13.6. The zero-order valence-corrected chi connectivity index (χ0v) is 18.1. The van der Waals surface area contributed by atoms with Gasteiger partial charge in [0.1, 0.15) is 0 Å². The number of nitrogens with zero attached hydrogens (tertiary/aromatic N) is 2. The number of aromatic nitrogens is 2. The van der Waals surface area contributed by atoms with Crippen LogP contribution in [0.4, 0.5) is 0 Å². The fourth-order valence-corrected chi connectivity index (χ4v) is 7.99. The SMILES string of the molecule is O=P(O)(O)C(c1ccnc(-c2cc(C(P(=O)(O)O)P(=O)(O)O)ccn2)c1)P(=O)(O)O. The van der Waals surface area contributed by atoms with Gasteiger partial charge in [-0.2, -0.15) is 0 Å². The van der Waals surface area contributed by atoms with Gasteiger partial charge in [-0.25, -0.2) is 0 Å². The number of rotatable bonds is 7. The first-order chi connectivity index (χ1) is 13.4. The van der Waals surface area contributed by atoms with Crippen molar-refractivity contribution >= 4 is 30.4 Å². The molecule has 0 saturated heterocycles. The molecule has 0 spiro atoms. The van der Waals surface area contributed by atoms with Gasteiger partial charge in [0.05, 0.1) is 11.4 Å². The molecule has 0 aliphatic carbocycles. The summed E-state index contributed by atoms with van der Waals surface area (Å²) in [5, 5.41) is -4.99. The van der Waals surface area contributed by atoms with E-state index in [0.717, 1.165) is 36.7 Å². The Morgan fingerprint density at radius 2 is 0.833 bits per heavy atom. The Balaban J connectivity index is 2.63. The average Bonchev–Trinajstić information content (AvgIpc) is 2.49. The van der Waals surface area contributed by atoms with Gasteiger partial charge < -0.3 is 39.1 Å². The molecule has 18 heteroatoms. The van der Waals surface area contributed by atoms with E-state index in [2.05, 4.69) is 9.97 Å². The minimum Gasteiger partial charge on any atom is -0.324 e. The molecule has 0 fully saturated rings. The van der Waals surface area contributed by atoms with Crippen molar-refractivity contribution in [2.24, 2.45) is 0 Å². The van der Waals surface area contributed by atoms with Crippen LogP contribution >= 0.6 is 30.4 Å². The molecular formula is C12H16N2O12P4. The lowest BCUT2D eigenvalue weighted by atomic mass is 10.1. The van der Waals surface area contributed by atoms with Crippen molar-refractivity contribution in [1.82, 2.24) is 9.97 Å². The molecule has 0 saturated carbocycles. The number of pyridine rings is 2. The zero-order chi connectivity index (χ0) is 23.1. The van der Waals surface area contributed by atoms with Crippen molar-refractivity contribution < 1.29 is 57.4 Å². The van der Waals surface area contributed by atoms with Gasteiger partial charge in [0.2, 0.25) is 0 Å². The van der Waals surface area contributed by atoms with Crippen LogP contribution in [0.15, 0.2) is 36.7 Å². The summed E-state index contributed by atoms with van der Waals surface area (Å²) in [5.41, 5.74) is -1.43. The first-order valence-electron chi connectivity index (χ1n) is 7.55. The Morgan fingerprint density at radius 1 is 0.567 bits per heavy atom. The van der Waals surface area contributed by atoms with E-state index in [9.17, 15) is 57.4 Å². The third-order valence-electron chi connectivity index (χ3n) is 3.70. The highest BCUT2D eigenvalue weighted by molar-refractivity contribution is 7.70. The van der Waals surface area contributed by atoms with Gasteiger partial charge in [-0.1, -0.05) is 0 Å². The van der Waals surface area contributed by atoms with Gasteiger partial charge in [0.25, 0.3) is 0 Å². The summed E-state index contributed by atoms with van der Waals surface area (Å²) in [6, 6.07) is 3.67. The summed E-state index contributed by atoms with van der Waals surface area (Å²) in [5.74, 6) is 0. The van der Waals surface area contributed by atoms with Crippen molar-refractivity contribution in [2.75, 3.05) is 0 Å². The van der Waals surface area contributed by atoms with Gasteiger partial charge >= 0.3 is 30.4 Å². The summed E-state index contributed by atoms with van der Waals surface area (Å²) in [6.45, 7) is 0. The molecule has 14 nitrogen and oxygen atoms in total. The van der Waals surface area contributed by atoms with Crippen molar-refractivity contribution in [3.8, 4) is 11.4 Å². The van der Waals surface area contributed by atoms with Crippen LogP contribution < -0.4 is 0 Å². The lowest BCUT2D eigenvalue weighted by molar-refractivity contribution is 0.335. The van der Waals surface area contributed by atoms with Crippen LogP contribution in [0.1, 0.15) is 21.9 Å². The minimum atomic E-state index is -5.32. The van der Waals surface area contributed by atoms with Crippen LogP contribution in [0.2, 0.25) is 0 Å². The monoisotopic (exact) mass is 504 g/mol. The molecule has 0 bridgehead atoms. The molecular weight excluding hydrogens is 488 g/mol. The van der Waals surface area contributed by atoms with Gasteiger partial charge in [-0.15, -0.1) is 0 Å². The summed E-state index contributed by atoms with van der Waals surface area (Å²) in [6.07, 6.45) is 1.92. The zero-order valence-electron chi connectivity index (χ0n) is 14.5. The van der Waals surface area contributed by atoms with Gasteiger partial charge in [0.15, 0.2) is 10.8 Å². The topological polar surface area (TPSA) is 256 Å². The predicted octanol–water partition coefficient (Wildman–Crippen LogP) is 0.852. The van der Waals surface area contributed by atoms with Crippen molar-refractivity contribution in [3.05, 3.63) is 47.8 Å². The molecule has 2 rings (SSSR count). The molecule has 2 aromatic heterocycles. The molecule has 0 amide bonds. The lowest BCUT2D eigenvalue weighted by Crippen LogP contribution is -2.04. The normalized spacial score (nSPS) is 13.8. The Kier molecular flexibility index (Phi) is 7.08. The van der Waals surface area contributed by atoms with E-state index in [1.807, 2.05) is 0 Å². The summed E-state index contributed by atoms with van der Waals surface area (Å²) < 4.78 is 46.3. The van der Waals surface area contributed by atoms with Crippen LogP contribution in [-0.4, -0.2) is 49.1 Å². The lowest BCUT2D eigenvalue weighted by Gasteiger charge is -2.21. The highest BCUT2D eigenvalue weighted by Crippen LogP contribution is 2.70. The third kappa shape index (κ3) is 5.99. The standard InChI is InChI=1S/C12H16N2O12P4/c15-27(16,17)11(28(18,19)20)7-1-3-13-9(5-7)10-6-8(2-4-14-10)12(29(21,22)23)30(24,25)26/h1-6,11-12H,(H2,15,16,17)(H2,18,19,20)(H2,21,22,23)(H2,24,25,26). The highest BCUT2D eigenvalue weighted by Gasteiger charge is 2.46. The molecule has 0 aliphatic heterocycles. The van der Waals surface area contributed by atoms with E-state index in [0.29, 0.717) is 0 Å². The van der Waals surface area contributed by atoms with Crippen LogP contribution in [0.3, 0.4) is 0 Å². The smallest absolute Gasteiger partial charge is 0.324 e. The maximum Gasteiger partial charge on any atom is 0.345 e. The molecule has 2 aromatic rings. The molecule has 30 heavy (non-hydrogen) atoms. The van der Waals surface area contributed by atoms with E-state index in [4.69, 9.17) is 0 Å².